The Morgan fingerprint density at radius 1 is 1.41 bits per heavy atom. The molecule has 0 amide bonds. The Hall–Kier alpha value is -0.160. The molecule has 0 aromatic heterocycles. The lowest BCUT2D eigenvalue weighted by Gasteiger charge is -2.36. The summed E-state index contributed by atoms with van der Waals surface area (Å²) in [6.07, 6.45) is 2.60. The van der Waals surface area contributed by atoms with E-state index in [2.05, 4.69) is 36.1 Å². The van der Waals surface area contributed by atoms with Gasteiger partial charge in [0.1, 0.15) is 0 Å². The van der Waals surface area contributed by atoms with Crippen molar-refractivity contribution in [2.45, 2.75) is 25.3 Å². The van der Waals surface area contributed by atoms with E-state index in [0.717, 1.165) is 19.0 Å². The average molecular weight is 243 g/mol. The molecule has 1 heterocycles. The maximum atomic E-state index is 9.38. The molecule has 102 valence electrons. The van der Waals surface area contributed by atoms with Crippen LogP contribution in [0.15, 0.2) is 0 Å². The normalized spacial score (nSPS) is 22.9. The van der Waals surface area contributed by atoms with Gasteiger partial charge in [0.25, 0.3) is 0 Å². The summed E-state index contributed by atoms with van der Waals surface area (Å²) >= 11 is 0. The first-order valence-electron chi connectivity index (χ1n) is 6.66. The highest BCUT2D eigenvalue weighted by atomic mass is 16.3. The number of aliphatic hydroxyl groups excluding tert-OH is 1. The quantitative estimate of drug-likeness (QED) is 0.700. The summed E-state index contributed by atoms with van der Waals surface area (Å²) in [5.41, 5.74) is -0.180. The average Bonchev–Trinajstić information content (AvgIpc) is 2.32. The first-order chi connectivity index (χ1) is 7.99. The van der Waals surface area contributed by atoms with E-state index in [1.165, 1.54) is 25.9 Å². The van der Waals surface area contributed by atoms with E-state index in [-0.39, 0.29) is 12.1 Å². The smallest absolute Gasteiger partial charge is 0.0623 e. The lowest BCUT2D eigenvalue weighted by molar-refractivity contribution is 0.117. The molecule has 1 fully saturated rings. The minimum absolute atomic E-state index is 0.180. The second-order valence-corrected chi connectivity index (χ2v) is 5.91. The Labute approximate surface area is 106 Å². The number of piperidine rings is 1. The highest BCUT2D eigenvalue weighted by Crippen LogP contribution is 2.17. The van der Waals surface area contributed by atoms with Gasteiger partial charge in [-0.25, -0.2) is 0 Å². The zero-order chi connectivity index (χ0) is 12.9. The largest absolute Gasteiger partial charge is 0.394 e. The Morgan fingerprint density at radius 2 is 2.00 bits per heavy atom. The van der Waals surface area contributed by atoms with Crippen molar-refractivity contribution in [2.24, 2.45) is 5.92 Å². The molecule has 2 N–H and O–H groups in total. The first-order valence-corrected chi connectivity index (χ1v) is 6.66. The van der Waals surface area contributed by atoms with Crippen LogP contribution in [-0.2, 0) is 0 Å². The number of rotatable bonds is 6. The number of nitrogens with one attached hydrogen (secondary N) is 1. The van der Waals surface area contributed by atoms with Gasteiger partial charge in [0, 0.05) is 13.1 Å². The minimum atomic E-state index is -0.180. The summed E-state index contributed by atoms with van der Waals surface area (Å²) in [5, 5.41) is 12.6. The van der Waals surface area contributed by atoms with E-state index >= 15 is 0 Å². The second kappa shape index (κ2) is 6.69. The van der Waals surface area contributed by atoms with Crippen LogP contribution in [0.25, 0.3) is 0 Å². The molecule has 17 heavy (non-hydrogen) atoms. The SMILES string of the molecule is CNC(C)(CO)CN(C)CC1CCN(C)CC1. The highest BCUT2D eigenvalue weighted by molar-refractivity contribution is 4.84. The van der Waals surface area contributed by atoms with E-state index in [9.17, 15) is 5.11 Å². The summed E-state index contributed by atoms with van der Waals surface area (Å²) < 4.78 is 0. The lowest BCUT2D eigenvalue weighted by atomic mass is 9.95. The predicted octanol–water partition coefficient (Wildman–Crippen LogP) is 0.230. The Bertz CT molecular complexity index is 211. The van der Waals surface area contributed by atoms with Crippen molar-refractivity contribution in [3.8, 4) is 0 Å². The second-order valence-electron chi connectivity index (χ2n) is 5.91. The molecule has 4 nitrogen and oxygen atoms in total. The Balaban J connectivity index is 2.31. The van der Waals surface area contributed by atoms with Gasteiger partial charge in [0.05, 0.1) is 12.1 Å². The Morgan fingerprint density at radius 3 is 2.47 bits per heavy atom. The molecule has 1 rings (SSSR count). The topological polar surface area (TPSA) is 38.7 Å². The van der Waals surface area contributed by atoms with Crippen LogP contribution in [0.2, 0.25) is 0 Å². The third-order valence-corrected chi connectivity index (χ3v) is 3.98. The summed E-state index contributed by atoms with van der Waals surface area (Å²) in [5.74, 6) is 0.816. The zero-order valence-electron chi connectivity index (χ0n) is 11.9. The van der Waals surface area contributed by atoms with E-state index in [1.54, 1.807) is 0 Å². The van der Waals surface area contributed by atoms with Crippen molar-refractivity contribution in [3.05, 3.63) is 0 Å². The fraction of sp³-hybridized carbons (Fsp3) is 1.00. The first kappa shape index (κ1) is 14.9. The minimum Gasteiger partial charge on any atom is -0.394 e. The van der Waals surface area contributed by atoms with Crippen molar-refractivity contribution < 1.29 is 5.11 Å². The van der Waals surface area contributed by atoms with Crippen LogP contribution in [-0.4, -0.2) is 74.4 Å². The molecule has 0 radical (unpaired) electrons. The molecule has 1 unspecified atom stereocenters. The summed E-state index contributed by atoms with van der Waals surface area (Å²) in [6.45, 7) is 6.74. The summed E-state index contributed by atoms with van der Waals surface area (Å²) in [7, 11) is 6.27. The number of likely N-dealkylation sites (tertiary alicyclic amines) is 1. The fourth-order valence-electron chi connectivity index (χ4n) is 2.55. The van der Waals surface area contributed by atoms with Gasteiger partial charge in [-0.3, -0.25) is 0 Å². The lowest BCUT2D eigenvalue weighted by Crippen LogP contribution is -2.52. The van der Waals surface area contributed by atoms with Gasteiger partial charge in [-0.1, -0.05) is 0 Å². The van der Waals surface area contributed by atoms with E-state index in [1.807, 2.05) is 7.05 Å². The molecule has 0 aliphatic carbocycles. The van der Waals surface area contributed by atoms with Crippen LogP contribution in [0.1, 0.15) is 19.8 Å². The van der Waals surface area contributed by atoms with Gasteiger partial charge in [-0.05, 0) is 59.9 Å². The molecule has 0 bridgehead atoms. The number of nitrogens with zero attached hydrogens (tertiary/aromatic N) is 2. The van der Waals surface area contributed by atoms with Gasteiger partial charge >= 0.3 is 0 Å². The van der Waals surface area contributed by atoms with Crippen LogP contribution in [0.3, 0.4) is 0 Å². The van der Waals surface area contributed by atoms with Gasteiger partial charge in [-0.15, -0.1) is 0 Å². The number of aliphatic hydroxyl groups is 1. The van der Waals surface area contributed by atoms with Gasteiger partial charge in [0.2, 0.25) is 0 Å². The van der Waals surface area contributed by atoms with Gasteiger partial charge in [-0.2, -0.15) is 0 Å². The molecule has 1 saturated heterocycles. The van der Waals surface area contributed by atoms with E-state index < -0.39 is 0 Å². The monoisotopic (exact) mass is 243 g/mol. The number of hydrogen-bond donors (Lipinski definition) is 2. The van der Waals surface area contributed by atoms with Crippen LogP contribution < -0.4 is 5.32 Å². The maximum absolute atomic E-state index is 9.38. The molecule has 0 saturated carbocycles. The van der Waals surface area contributed by atoms with Gasteiger partial charge in [0.15, 0.2) is 0 Å². The zero-order valence-corrected chi connectivity index (χ0v) is 11.9. The van der Waals surface area contributed by atoms with Crippen LogP contribution >= 0.6 is 0 Å². The molecule has 0 spiro atoms. The van der Waals surface area contributed by atoms with E-state index in [0.29, 0.717) is 0 Å². The molecule has 4 heteroatoms. The van der Waals surface area contributed by atoms with Crippen molar-refractivity contribution >= 4 is 0 Å². The fourth-order valence-corrected chi connectivity index (χ4v) is 2.55. The molecule has 1 aliphatic rings. The predicted molar refractivity (Wildman–Crippen MR) is 72.3 cm³/mol. The molecule has 0 aromatic rings. The van der Waals surface area contributed by atoms with Crippen LogP contribution in [0, 0.1) is 5.92 Å². The summed E-state index contributed by atoms with van der Waals surface area (Å²) in [6, 6.07) is 0. The third kappa shape index (κ3) is 4.92. The van der Waals surface area contributed by atoms with Gasteiger partial charge < -0.3 is 20.2 Å². The number of hydrogen-bond acceptors (Lipinski definition) is 4. The molecular weight excluding hydrogens is 214 g/mol. The summed E-state index contributed by atoms with van der Waals surface area (Å²) in [4.78, 5) is 4.75. The Kier molecular flexibility index (Phi) is 5.86. The van der Waals surface area contributed by atoms with Crippen molar-refractivity contribution in [2.75, 3.05) is 53.9 Å². The van der Waals surface area contributed by atoms with Crippen molar-refractivity contribution in [1.82, 2.24) is 15.1 Å². The van der Waals surface area contributed by atoms with E-state index in [4.69, 9.17) is 0 Å². The molecular formula is C13H29N3O. The van der Waals surface area contributed by atoms with Crippen molar-refractivity contribution in [1.29, 1.82) is 0 Å². The molecule has 1 aliphatic heterocycles. The number of likely N-dealkylation sites (N-methyl/N-ethyl adjacent to an activating group) is 2. The molecule has 1 atom stereocenters. The highest BCUT2D eigenvalue weighted by Gasteiger charge is 2.25. The van der Waals surface area contributed by atoms with Crippen LogP contribution in [0.5, 0.6) is 0 Å². The van der Waals surface area contributed by atoms with Crippen molar-refractivity contribution in [3.63, 3.8) is 0 Å². The molecule has 0 aromatic carbocycles. The standard InChI is InChI=1S/C13H29N3O/c1-13(11-17,14-2)10-16(4)9-12-5-7-15(3)8-6-12/h12,14,17H,5-11H2,1-4H3. The maximum Gasteiger partial charge on any atom is 0.0623 e. The van der Waals surface area contributed by atoms with Crippen LogP contribution in [0.4, 0.5) is 0 Å². The third-order valence-electron chi connectivity index (χ3n) is 3.98.